The summed E-state index contributed by atoms with van der Waals surface area (Å²) < 4.78 is 54.1. The summed E-state index contributed by atoms with van der Waals surface area (Å²) in [5.41, 5.74) is 1.09. The highest BCUT2D eigenvalue weighted by atomic mass is 32.2. The van der Waals surface area contributed by atoms with Crippen LogP contribution >= 0.6 is 0 Å². The van der Waals surface area contributed by atoms with Gasteiger partial charge in [0, 0.05) is 25.2 Å². The first-order valence-electron chi connectivity index (χ1n) is 12.1. The molecule has 9 nitrogen and oxygen atoms in total. The number of carbonyl (C=O) groups is 2. The molecular weight excluding hydrogens is 525 g/mol. The topological polar surface area (TPSA) is 105 Å². The van der Waals surface area contributed by atoms with E-state index in [0.29, 0.717) is 5.75 Å². The maximum absolute atomic E-state index is 14.5. The Balaban J connectivity index is 2.14. The van der Waals surface area contributed by atoms with E-state index in [0.717, 1.165) is 14.8 Å². The van der Waals surface area contributed by atoms with Crippen LogP contribution in [0.5, 0.6) is 11.5 Å². The monoisotopic (exact) mass is 557 g/mol. The van der Waals surface area contributed by atoms with E-state index in [1.54, 1.807) is 24.3 Å². The molecule has 0 aromatic heterocycles. The number of likely N-dealkylation sites (N-methyl/N-ethyl adjacent to an activating group) is 1. The molecule has 0 radical (unpaired) electrons. The van der Waals surface area contributed by atoms with Crippen molar-refractivity contribution in [3.8, 4) is 11.5 Å². The van der Waals surface area contributed by atoms with Crippen LogP contribution in [0.3, 0.4) is 0 Å². The number of ether oxygens (including phenoxy) is 2. The maximum atomic E-state index is 14.5. The molecule has 0 aliphatic rings. The highest BCUT2D eigenvalue weighted by molar-refractivity contribution is 7.92. The minimum absolute atomic E-state index is 0.0502. The van der Waals surface area contributed by atoms with Gasteiger partial charge in [0.05, 0.1) is 24.8 Å². The van der Waals surface area contributed by atoms with Crippen molar-refractivity contribution < 1.29 is 31.9 Å². The first-order chi connectivity index (χ1) is 18.5. The van der Waals surface area contributed by atoms with E-state index >= 15 is 0 Å². The summed E-state index contributed by atoms with van der Waals surface area (Å²) in [5, 5.41) is 2.49. The Hall–Kier alpha value is -4.12. The van der Waals surface area contributed by atoms with Gasteiger partial charge in [0.2, 0.25) is 11.8 Å². The molecule has 3 rings (SSSR count). The van der Waals surface area contributed by atoms with Crippen molar-refractivity contribution in [2.24, 2.45) is 0 Å². The molecule has 0 spiro atoms. The van der Waals surface area contributed by atoms with Crippen molar-refractivity contribution in [1.82, 2.24) is 10.2 Å². The van der Waals surface area contributed by atoms with Crippen LogP contribution in [0, 0.1) is 12.7 Å². The van der Waals surface area contributed by atoms with E-state index in [4.69, 9.17) is 9.47 Å². The predicted molar refractivity (Wildman–Crippen MR) is 146 cm³/mol. The number of hydrogen-bond donors (Lipinski definition) is 1. The van der Waals surface area contributed by atoms with Crippen LogP contribution in [0.15, 0.2) is 71.6 Å². The summed E-state index contributed by atoms with van der Waals surface area (Å²) in [7, 11) is -0.0931. The van der Waals surface area contributed by atoms with Gasteiger partial charge in [-0.3, -0.25) is 13.9 Å². The first kappa shape index (κ1) is 29.4. The van der Waals surface area contributed by atoms with Crippen LogP contribution in [0.2, 0.25) is 0 Å². The zero-order chi connectivity index (χ0) is 28.7. The zero-order valence-corrected chi connectivity index (χ0v) is 23.3. The Kier molecular flexibility index (Phi) is 9.52. The number of nitrogens with one attached hydrogen (secondary N) is 1. The van der Waals surface area contributed by atoms with E-state index < -0.39 is 40.2 Å². The Morgan fingerprint density at radius 2 is 1.67 bits per heavy atom. The number of hydrogen-bond acceptors (Lipinski definition) is 6. The first-order valence-corrected chi connectivity index (χ1v) is 13.5. The minimum atomic E-state index is -4.31. The van der Waals surface area contributed by atoms with Crippen molar-refractivity contribution in [2.45, 2.75) is 31.3 Å². The lowest BCUT2D eigenvalue weighted by molar-refractivity contribution is -0.139. The number of methoxy groups -OCH3 is 2. The second-order valence-corrected chi connectivity index (χ2v) is 10.6. The molecular formula is C28H32FN3O6S. The van der Waals surface area contributed by atoms with E-state index in [1.807, 2.05) is 6.92 Å². The Morgan fingerprint density at radius 1 is 1.00 bits per heavy atom. The fourth-order valence-electron chi connectivity index (χ4n) is 3.94. The third-order valence-corrected chi connectivity index (χ3v) is 8.03. The molecule has 0 heterocycles. The third kappa shape index (κ3) is 6.66. The summed E-state index contributed by atoms with van der Waals surface area (Å²) in [6.07, 6.45) is 0. The molecule has 39 heavy (non-hydrogen) atoms. The van der Waals surface area contributed by atoms with Gasteiger partial charge in [0.1, 0.15) is 29.9 Å². The Morgan fingerprint density at radius 3 is 2.26 bits per heavy atom. The molecule has 208 valence electrons. The summed E-state index contributed by atoms with van der Waals surface area (Å²) in [6.45, 7) is 2.36. The largest absolute Gasteiger partial charge is 0.497 e. The maximum Gasteiger partial charge on any atom is 0.264 e. The number of carbonyl (C=O) groups excluding carboxylic acids is 2. The number of anilines is 1. The van der Waals surface area contributed by atoms with Gasteiger partial charge in [-0.05, 0) is 44.2 Å². The molecule has 2 amide bonds. The molecule has 0 fully saturated rings. The number of rotatable bonds is 11. The van der Waals surface area contributed by atoms with E-state index in [2.05, 4.69) is 5.32 Å². The molecule has 0 aliphatic carbocycles. The van der Waals surface area contributed by atoms with Crippen LogP contribution in [-0.2, 0) is 26.2 Å². The molecule has 1 atom stereocenters. The molecule has 11 heteroatoms. The highest BCUT2D eigenvalue weighted by Gasteiger charge is 2.34. The summed E-state index contributed by atoms with van der Waals surface area (Å²) in [4.78, 5) is 27.5. The van der Waals surface area contributed by atoms with Crippen molar-refractivity contribution in [1.29, 1.82) is 0 Å². The van der Waals surface area contributed by atoms with Gasteiger partial charge in [-0.1, -0.05) is 35.9 Å². The normalized spacial score (nSPS) is 11.8. The average molecular weight is 558 g/mol. The molecule has 0 saturated heterocycles. The van der Waals surface area contributed by atoms with Gasteiger partial charge in [0.15, 0.2) is 0 Å². The number of halogens is 1. The number of aryl methyl sites for hydroxylation is 1. The number of benzene rings is 3. The SMILES string of the molecule is CNC(=O)[C@H](C)N(Cc1ccccc1F)C(=O)CN(c1cc(OC)ccc1OC)S(=O)(=O)c1ccc(C)cc1. The number of amides is 2. The average Bonchev–Trinajstić information content (AvgIpc) is 2.94. The molecule has 0 bridgehead atoms. The van der Waals surface area contributed by atoms with Crippen LogP contribution in [0.1, 0.15) is 18.1 Å². The molecule has 0 aliphatic heterocycles. The standard InChI is InChI=1S/C28H32FN3O6S/c1-19-10-13-23(14-11-19)39(35,36)32(25-16-22(37-4)12-15-26(25)38-5)18-27(33)31(20(2)28(34)30-3)17-21-8-6-7-9-24(21)29/h6-16,20H,17-18H2,1-5H3,(H,30,34)/t20-/m0/s1. The number of sulfonamides is 1. The summed E-state index contributed by atoms with van der Waals surface area (Å²) >= 11 is 0. The molecule has 3 aromatic rings. The molecule has 0 saturated carbocycles. The molecule has 1 N–H and O–H groups in total. The zero-order valence-electron chi connectivity index (χ0n) is 22.5. The van der Waals surface area contributed by atoms with E-state index in [1.165, 1.54) is 70.7 Å². The van der Waals surface area contributed by atoms with Crippen molar-refractivity contribution in [3.05, 3.63) is 83.7 Å². The molecule has 3 aromatic carbocycles. The highest BCUT2D eigenvalue weighted by Crippen LogP contribution is 2.36. The fourth-order valence-corrected chi connectivity index (χ4v) is 5.36. The van der Waals surface area contributed by atoms with Crippen molar-refractivity contribution in [3.63, 3.8) is 0 Å². The number of nitrogens with zero attached hydrogens (tertiary/aromatic N) is 2. The Labute approximate surface area is 228 Å². The van der Waals surface area contributed by atoms with Gasteiger partial charge in [-0.25, -0.2) is 12.8 Å². The van der Waals surface area contributed by atoms with Gasteiger partial charge in [-0.2, -0.15) is 0 Å². The summed E-state index contributed by atoms with van der Waals surface area (Å²) in [5.74, 6) is -1.26. The van der Waals surface area contributed by atoms with Crippen LogP contribution < -0.4 is 19.1 Å². The van der Waals surface area contributed by atoms with Crippen LogP contribution in [-0.4, -0.2) is 59.0 Å². The van der Waals surface area contributed by atoms with Crippen molar-refractivity contribution >= 4 is 27.5 Å². The van der Waals surface area contributed by atoms with Crippen molar-refractivity contribution in [2.75, 3.05) is 32.1 Å². The second kappa shape index (κ2) is 12.6. The molecule has 0 unspecified atom stereocenters. The van der Waals surface area contributed by atoms with E-state index in [-0.39, 0.29) is 28.4 Å². The van der Waals surface area contributed by atoms with Gasteiger partial charge in [-0.15, -0.1) is 0 Å². The lowest BCUT2D eigenvalue weighted by Crippen LogP contribution is -2.50. The quantitative estimate of drug-likeness (QED) is 0.387. The van der Waals surface area contributed by atoms with Crippen LogP contribution in [0.25, 0.3) is 0 Å². The fraction of sp³-hybridized carbons (Fsp3) is 0.286. The second-order valence-electron chi connectivity index (χ2n) is 8.77. The van der Waals surface area contributed by atoms with Gasteiger partial charge < -0.3 is 19.7 Å². The Bertz CT molecular complexity index is 1430. The van der Waals surface area contributed by atoms with Gasteiger partial charge >= 0.3 is 0 Å². The smallest absolute Gasteiger partial charge is 0.264 e. The van der Waals surface area contributed by atoms with Crippen LogP contribution in [0.4, 0.5) is 10.1 Å². The van der Waals surface area contributed by atoms with Gasteiger partial charge in [0.25, 0.3) is 10.0 Å². The summed E-state index contributed by atoms with van der Waals surface area (Å²) in [6, 6.07) is 15.6. The minimum Gasteiger partial charge on any atom is -0.497 e. The lowest BCUT2D eigenvalue weighted by Gasteiger charge is -2.32. The third-order valence-electron chi connectivity index (χ3n) is 6.25. The predicted octanol–water partition coefficient (Wildman–Crippen LogP) is 3.51. The van der Waals surface area contributed by atoms with E-state index in [9.17, 15) is 22.4 Å². The lowest BCUT2D eigenvalue weighted by atomic mass is 10.1.